The molecular weight excluding hydrogens is 374 g/mol. The molecule has 0 amide bonds. The van der Waals surface area contributed by atoms with Gasteiger partial charge < -0.3 is 0 Å². The highest BCUT2D eigenvalue weighted by molar-refractivity contribution is 9.09. The molecule has 0 unspecified atom stereocenters. The van der Waals surface area contributed by atoms with Gasteiger partial charge in [-0.2, -0.15) is 0 Å². The Hall–Kier alpha value is -0.190. The SMILES string of the molecule is Cc1ccccc1C(CBr)(CBr)Cc1cncs1. The van der Waals surface area contributed by atoms with Gasteiger partial charge in [0.25, 0.3) is 0 Å². The van der Waals surface area contributed by atoms with Gasteiger partial charge in [-0.05, 0) is 24.5 Å². The molecule has 0 spiro atoms. The molecule has 0 aliphatic rings. The van der Waals surface area contributed by atoms with Gasteiger partial charge in [-0.25, -0.2) is 0 Å². The average molecular weight is 389 g/mol. The Balaban J connectivity index is 2.40. The summed E-state index contributed by atoms with van der Waals surface area (Å²) in [5.74, 6) is 0. The fraction of sp³-hybridized carbons (Fsp3) is 0.357. The Morgan fingerprint density at radius 2 is 1.94 bits per heavy atom. The number of nitrogens with zero attached hydrogens (tertiary/aromatic N) is 1. The van der Waals surface area contributed by atoms with E-state index in [1.165, 1.54) is 16.0 Å². The molecule has 1 heterocycles. The molecular formula is C14H15Br2NS. The number of hydrogen-bond acceptors (Lipinski definition) is 2. The molecule has 2 rings (SSSR count). The minimum absolute atomic E-state index is 0.0951. The van der Waals surface area contributed by atoms with Gasteiger partial charge in [0.05, 0.1) is 5.51 Å². The van der Waals surface area contributed by atoms with E-state index in [-0.39, 0.29) is 5.41 Å². The van der Waals surface area contributed by atoms with E-state index in [0.29, 0.717) is 0 Å². The summed E-state index contributed by atoms with van der Waals surface area (Å²) in [4.78, 5) is 5.51. The van der Waals surface area contributed by atoms with Crippen molar-refractivity contribution in [2.75, 3.05) is 10.7 Å². The number of aromatic nitrogens is 1. The number of thiazole rings is 1. The van der Waals surface area contributed by atoms with E-state index in [0.717, 1.165) is 17.1 Å². The van der Waals surface area contributed by atoms with E-state index < -0.39 is 0 Å². The third kappa shape index (κ3) is 2.86. The van der Waals surface area contributed by atoms with Crippen LogP contribution in [-0.2, 0) is 11.8 Å². The first-order chi connectivity index (χ1) is 8.72. The van der Waals surface area contributed by atoms with Crippen molar-refractivity contribution in [3.63, 3.8) is 0 Å². The Morgan fingerprint density at radius 1 is 1.22 bits per heavy atom. The van der Waals surface area contributed by atoms with Gasteiger partial charge in [-0.1, -0.05) is 56.1 Å². The van der Waals surface area contributed by atoms with E-state index in [2.05, 4.69) is 68.0 Å². The molecule has 0 atom stereocenters. The van der Waals surface area contributed by atoms with Crippen LogP contribution in [0.15, 0.2) is 36.0 Å². The molecule has 96 valence electrons. The minimum Gasteiger partial charge on any atom is -0.253 e. The second kappa shape index (κ2) is 6.31. The normalized spacial score (nSPS) is 11.7. The Kier molecular flexibility index (Phi) is 4.98. The van der Waals surface area contributed by atoms with Gasteiger partial charge in [-0.15, -0.1) is 11.3 Å². The molecule has 0 bridgehead atoms. The van der Waals surface area contributed by atoms with Crippen molar-refractivity contribution >= 4 is 43.2 Å². The van der Waals surface area contributed by atoms with Gasteiger partial charge in [0.1, 0.15) is 0 Å². The first-order valence-corrected chi connectivity index (χ1v) is 8.89. The lowest BCUT2D eigenvalue weighted by Gasteiger charge is -2.31. The van der Waals surface area contributed by atoms with Crippen LogP contribution in [0.3, 0.4) is 0 Å². The van der Waals surface area contributed by atoms with Crippen LogP contribution in [0.25, 0.3) is 0 Å². The molecule has 4 heteroatoms. The van der Waals surface area contributed by atoms with Gasteiger partial charge in [0.2, 0.25) is 0 Å². The standard InChI is InChI=1S/C14H15Br2NS/c1-11-4-2-3-5-13(11)14(8-15,9-16)6-12-7-17-10-18-12/h2-5,7,10H,6,8-9H2,1H3. The van der Waals surface area contributed by atoms with Crippen LogP contribution in [-0.4, -0.2) is 15.6 Å². The summed E-state index contributed by atoms with van der Waals surface area (Å²) in [6, 6.07) is 8.63. The van der Waals surface area contributed by atoms with Crippen LogP contribution >= 0.6 is 43.2 Å². The van der Waals surface area contributed by atoms with Crippen LogP contribution in [0.4, 0.5) is 0 Å². The van der Waals surface area contributed by atoms with Crippen molar-refractivity contribution < 1.29 is 0 Å². The van der Waals surface area contributed by atoms with Gasteiger partial charge in [0.15, 0.2) is 0 Å². The van der Waals surface area contributed by atoms with E-state index in [4.69, 9.17) is 0 Å². The van der Waals surface area contributed by atoms with Crippen molar-refractivity contribution in [1.29, 1.82) is 0 Å². The van der Waals surface area contributed by atoms with Crippen LogP contribution in [0.2, 0.25) is 0 Å². The van der Waals surface area contributed by atoms with Crippen molar-refractivity contribution in [3.8, 4) is 0 Å². The molecule has 1 aromatic carbocycles. The lowest BCUT2D eigenvalue weighted by molar-refractivity contribution is 0.552. The first kappa shape index (κ1) is 14.2. The second-order valence-corrected chi connectivity index (χ2v) is 6.60. The summed E-state index contributed by atoms with van der Waals surface area (Å²) in [6.07, 6.45) is 2.99. The number of alkyl halides is 2. The van der Waals surface area contributed by atoms with E-state index in [1.807, 2.05) is 11.7 Å². The average Bonchev–Trinajstić information content (AvgIpc) is 2.90. The summed E-state index contributed by atoms with van der Waals surface area (Å²) in [7, 11) is 0. The molecule has 0 N–H and O–H groups in total. The monoisotopic (exact) mass is 387 g/mol. The molecule has 0 fully saturated rings. The molecule has 2 aromatic rings. The summed E-state index contributed by atoms with van der Waals surface area (Å²) >= 11 is 9.14. The van der Waals surface area contributed by atoms with E-state index in [1.54, 1.807) is 11.3 Å². The Labute approximate surface area is 129 Å². The lowest BCUT2D eigenvalue weighted by Crippen LogP contribution is -2.33. The fourth-order valence-electron chi connectivity index (χ4n) is 2.20. The molecule has 1 nitrogen and oxygen atoms in total. The highest BCUT2D eigenvalue weighted by Gasteiger charge is 2.32. The van der Waals surface area contributed by atoms with Crippen molar-refractivity contribution in [1.82, 2.24) is 4.98 Å². The Bertz CT molecular complexity index is 492. The summed E-state index contributed by atoms with van der Waals surface area (Å²) in [6.45, 7) is 2.18. The lowest BCUT2D eigenvalue weighted by atomic mass is 9.79. The van der Waals surface area contributed by atoms with Crippen LogP contribution in [0.5, 0.6) is 0 Å². The zero-order valence-electron chi connectivity index (χ0n) is 10.2. The van der Waals surface area contributed by atoms with Crippen LogP contribution in [0, 0.1) is 6.92 Å². The molecule has 0 radical (unpaired) electrons. The molecule has 0 aliphatic carbocycles. The topological polar surface area (TPSA) is 12.9 Å². The fourth-order valence-corrected chi connectivity index (χ4v) is 4.87. The van der Waals surface area contributed by atoms with Crippen molar-refractivity contribution in [2.45, 2.75) is 18.8 Å². The molecule has 0 aliphatic heterocycles. The summed E-state index contributed by atoms with van der Waals surface area (Å²) in [5, 5.41) is 1.88. The van der Waals surface area contributed by atoms with Crippen molar-refractivity contribution in [3.05, 3.63) is 52.0 Å². The van der Waals surface area contributed by atoms with Crippen molar-refractivity contribution in [2.24, 2.45) is 0 Å². The highest BCUT2D eigenvalue weighted by Crippen LogP contribution is 2.35. The van der Waals surface area contributed by atoms with E-state index >= 15 is 0 Å². The summed E-state index contributed by atoms with van der Waals surface area (Å²) < 4.78 is 0. The molecule has 1 aromatic heterocycles. The maximum atomic E-state index is 4.18. The smallest absolute Gasteiger partial charge is 0.0794 e. The quantitative estimate of drug-likeness (QED) is 0.675. The van der Waals surface area contributed by atoms with Gasteiger partial charge in [-0.3, -0.25) is 4.98 Å². The first-order valence-electron chi connectivity index (χ1n) is 5.77. The number of halogens is 2. The van der Waals surface area contributed by atoms with Gasteiger partial charge in [0, 0.05) is 27.1 Å². The summed E-state index contributed by atoms with van der Waals surface area (Å²) in [5.41, 5.74) is 4.76. The largest absolute Gasteiger partial charge is 0.253 e. The van der Waals surface area contributed by atoms with Crippen LogP contribution in [0.1, 0.15) is 16.0 Å². The maximum absolute atomic E-state index is 4.18. The highest BCUT2D eigenvalue weighted by atomic mass is 79.9. The molecule has 0 saturated heterocycles. The predicted molar refractivity (Wildman–Crippen MR) is 86.3 cm³/mol. The zero-order chi connectivity index (χ0) is 13.0. The second-order valence-electron chi connectivity index (χ2n) is 4.51. The third-order valence-electron chi connectivity index (χ3n) is 3.22. The maximum Gasteiger partial charge on any atom is 0.0794 e. The predicted octanol–water partition coefficient (Wildman–Crippen LogP) is 4.72. The number of hydrogen-bond donors (Lipinski definition) is 0. The third-order valence-corrected chi connectivity index (χ3v) is 6.15. The van der Waals surface area contributed by atoms with E-state index in [9.17, 15) is 0 Å². The molecule has 0 saturated carbocycles. The molecule has 18 heavy (non-hydrogen) atoms. The minimum atomic E-state index is 0.0951. The zero-order valence-corrected chi connectivity index (χ0v) is 14.2. The number of rotatable bonds is 5. The number of benzene rings is 1. The Morgan fingerprint density at radius 3 is 2.50 bits per heavy atom. The van der Waals surface area contributed by atoms with Gasteiger partial charge >= 0.3 is 0 Å². The number of aryl methyl sites for hydroxylation is 1. The van der Waals surface area contributed by atoms with Crippen LogP contribution < -0.4 is 0 Å².